The van der Waals surface area contributed by atoms with Gasteiger partial charge in [0.05, 0.1) is 13.2 Å². The van der Waals surface area contributed by atoms with Gasteiger partial charge in [-0.25, -0.2) is 0 Å². The third-order valence-corrected chi connectivity index (χ3v) is 4.98. The molecule has 0 amide bonds. The molecule has 0 spiro atoms. The summed E-state index contributed by atoms with van der Waals surface area (Å²) in [6.07, 6.45) is 0. The highest BCUT2D eigenvalue weighted by Gasteiger charge is 2.34. The number of hydrogen-bond donors (Lipinski definition) is 0. The number of nitrogens with zero attached hydrogens (tertiary/aromatic N) is 1. The van der Waals surface area contributed by atoms with Crippen molar-refractivity contribution < 1.29 is 18.5 Å². The van der Waals surface area contributed by atoms with Crippen molar-refractivity contribution >= 4 is 13.0 Å². The van der Waals surface area contributed by atoms with Gasteiger partial charge in [-0.2, -0.15) is 0 Å². The minimum atomic E-state index is -3.38. The van der Waals surface area contributed by atoms with Crippen molar-refractivity contribution in [2.75, 3.05) is 13.2 Å². The van der Waals surface area contributed by atoms with Crippen LogP contribution in [0.1, 0.15) is 33.3 Å². The summed E-state index contributed by atoms with van der Waals surface area (Å²) < 4.78 is 23.4. The predicted octanol–water partition coefficient (Wildman–Crippen LogP) is 4.44. The van der Waals surface area contributed by atoms with Crippen molar-refractivity contribution in [3.8, 4) is 0 Å². The number of hydrogen-bond acceptors (Lipinski definition) is 5. The first kappa shape index (κ1) is 17.9. The molecule has 0 N–H and O–H groups in total. The average molecular weight is 313 g/mol. The van der Waals surface area contributed by atoms with Crippen LogP contribution in [-0.2, 0) is 25.1 Å². The van der Waals surface area contributed by atoms with Crippen LogP contribution < -0.4 is 0 Å². The summed E-state index contributed by atoms with van der Waals surface area (Å²) in [6, 6.07) is 9.67. The van der Waals surface area contributed by atoms with Gasteiger partial charge in [0.1, 0.15) is 6.61 Å². The maximum atomic E-state index is 12.7. The molecular weight excluding hydrogens is 289 g/mol. The van der Waals surface area contributed by atoms with Crippen LogP contribution in [0, 0.1) is 5.92 Å². The van der Waals surface area contributed by atoms with Crippen molar-refractivity contribution in [1.29, 1.82) is 0 Å². The van der Waals surface area contributed by atoms with E-state index in [1.165, 1.54) is 0 Å². The first-order valence-corrected chi connectivity index (χ1v) is 8.71. The Hall–Kier alpha value is -1.16. The van der Waals surface area contributed by atoms with Gasteiger partial charge in [0.25, 0.3) is 0 Å². The maximum absolute atomic E-state index is 12.7. The van der Waals surface area contributed by atoms with E-state index in [4.69, 9.17) is 13.9 Å². The normalized spacial score (nSPS) is 12.7. The molecule has 0 fully saturated rings. The summed E-state index contributed by atoms with van der Waals surface area (Å²) in [7, 11) is -3.38. The largest absolute Gasteiger partial charge is 0.390 e. The zero-order valence-corrected chi connectivity index (χ0v) is 14.0. The molecule has 0 aliphatic carbocycles. The summed E-state index contributed by atoms with van der Waals surface area (Å²) in [6.45, 7) is 8.21. The molecule has 0 atom stereocenters. The quantitative estimate of drug-likeness (QED) is 0.384. The Bertz CT molecular complexity index is 478. The van der Waals surface area contributed by atoms with Crippen LogP contribution in [0.2, 0.25) is 0 Å². The lowest BCUT2D eigenvalue weighted by Gasteiger charge is -2.20. The third kappa shape index (κ3) is 5.62. The van der Waals surface area contributed by atoms with Crippen LogP contribution in [0.5, 0.6) is 0 Å². The van der Waals surface area contributed by atoms with E-state index in [1.807, 2.05) is 44.2 Å². The molecule has 0 saturated heterocycles. The van der Waals surface area contributed by atoms with Crippen molar-refractivity contribution in [1.82, 2.24) is 0 Å². The third-order valence-electron chi connectivity index (χ3n) is 2.63. The van der Waals surface area contributed by atoms with Crippen molar-refractivity contribution in [2.24, 2.45) is 11.1 Å². The fraction of sp³-hybridized carbons (Fsp3) is 0.533. The van der Waals surface area contributed by atoms with Crippen molar-refractivity contribution in [2.45, 2.75) is 34.3 Å². The van der Waals surface area contributed by atoms with Gasteiger partial charge in [-0.1, -0.05) is 49.3 Å². The molecule has 1 aromatic carbocycles. The molecule has 118 valence electrons. The van der Waals surface area contributed by atoms with Crippen LogP contribution in [0.15, 0.2) is 35.5 Å². The highest BCUT2D eigenvalue weighted by atomic mass is 31.2. The zero-order chi connectivity index (χ0) is 15.7. The molecule has 0 aliphatic rings. The fourth-order valence-corrected chi connectivity index (χ4v) is 3.54. The molecule has 0 aromatic heterocycles. The summed E-state index contributed by atoms with van der Waals surface area (Å²) in [5.41, 5.74) is 1.31. The number of benzene rings is 1. The fourth-order valence-electron chi connectivity index (χ4n) is 1.73. The molecule has 1 aromatic rings. The average Bonchev–Trinajstić information content (AvgIpc) is 2.44. The molecule has 0 heterocycles. The second-order valence-electron chi connectivity index (χ2n) is 4.70. The van der Waals surface area contributed by atoms with Gasteiger partial charge in [-0.05, 0) is 19.4 Å². The Morgan fingerprint density at radius 2 is 1.71 bits per heavy atom. The van der Waals surface area contributed by atoms with Gasteiger partial charge in [0, 0.05) is 5.92 Å². The van der Waals surface area contributed by atoms with E-state index in [1.54, 1.807) is 13.8 Å². The highest BCUT2D eigenvalue weighted by molar-refractivity contribution is 7.72. The molecule has 0 radical (unpaired) electrons. The van der Waals surface area contributed by atoms with Gasteiger partial charge >= 0.3 is 7.60 Å². The number of oxime groups is 1. The molecular formula is C15H24NO4P. The molecule has 0 saturated carbocycles. The Labute approximate surface area is 126 Å². The second-order valence-corrected chi connectivity index (χ2v) is 6.67. The van der Waals surface area contributed by atoms with Crippen molar-refractivity contribution in [3.63, 3.8) is 0 Å². The molecule has 1 rings (SSSR count). The molecule has 5 nitrogen and oxygen atoms in total. The lowest BCUT2D eigenvalue weighted by Crippen LogP contribution is -2.14. The van der Waals surface area contributed by atoms with Gasteiger partial charge < -0.3 is 13.9 Å². The lowest BCUT2D eigenvalue weighted by atomic mass is 10.2. The predicted molar refractivity (Wildman–Crippen MR) is 84.4 cm³/mol. The maximum Gasteiger partial charge on any atom is 0.379 e. The monoisotopic (exact) mass is 313 g/mol. The van der Waals surface area contributed by atoms with E-state index in [0.717, 1.165) is 5.56 Å². The second kappa shape index (κ2) is 8.98. The van der Waals surface area contributed by atoms with Crippen LogP contribution >= 0.6 is 7.60 Å². The summed E-state index contributed by atoms with van der Waals surface area (Å²) in [4.78, 5) is 5.34. The summed E-state index contributed by atoms with van der Waals surface area (Å²) in [5, 5.41) is 4.03. The topological polar surface area (TPSA) is 57.1 Å². The molecule has 0 bridgehead atoms. The van der Waals surface area contributed by atoms with E-state index >= 15 is 0 Å². The van der Waals surface area contributed by atoms with E-state index < -0.39 is 7.60 Å². The van der Waals surface area contributed by atoms with E-state index in [2.05, 4.69) is 5.16 Å². The SMILES string of the molecule is CCOP(=O)(OCC)/C(=N\OCc1ccccc1)C(C)C. The van der Waals surface area contributed by atoms with Crippen LogP contribution in [0.25, 0.3) is 0 Å². The Balaban J connectivity index is 2.84. The Morgan fingerprint density at radius 1 is 1.14 bits per heavy atom. The Morgan fingerprint density at radius 3 is 2.19 bits per heavy atom. The van der Waals surface area contributed by atoms with E-state index in [0.29, 0.717) is 25.3 Å². The Kier molecular flexibility index (Phi) is 7.65. The van der Waals surface area contributed by atoms with E-state index in [-0.39, 0.29) is 5.92 Å². The first-order chi connectivity index (χ1) is 10.0. The molecule has 0 unspecified atom stereocenters. The van der Waals surface area contributed by atoms with Crippen LogP contribution in [-0.4, -0.2) is 18.7 Å². The summed E-state index contributed by atoms with van der Waals surface area (Å²) in [5.74, 6) is -0.0929. The molecule has 21 heavy (non-hydrogen) atoms. The van der Waals surface area contributed by atoms with Gasteiger partial charge in [-0.15, -0.1) is 0 Å². The van der Waals surface area contributed by atoms with E-state index in [9.17, 15) is 4.57 Å². The molecule has 6 heteroatoms. The highest BCUT2D eigenvalue weighted by Crippen LogP contribution is 2.51. The molecule has 0 aliphatic heterocycles. The van der Waals surface area contributed by atoms with Crippen LogP contribution in [0.4, 0.5) is 0 Å². The summed E-state index contributed by atoms with van der Waals surface area (Å²) >= 11 is 0. The zero-order valence-electron chi connectivity index (χ0n) is 13.1. The number of rotatable bonds is 9. The first-order valence-electron chi connectivity index (χ1n) is 7.17. The van der Waals surface area contributed by atoms with Crippen molar-refractivity contribution in [3.05, 3.63) is 35.9 Å². The van der Waals surface area contributed by atoms with Crippen LogP contribution in [0.3, 0.4) is 0 Å². The van der Waals surface area contributed by atoms with Gasteiger partial charge in [-0.3, -0.25) is 4.57 Å². The standard InChI is InChI=1S/C15H24NO4P/c1-5-19-21(17,20-6-2)15(13(3)4)16-18-12-14-10-8-7-9-11-14/h7-11,13H,5-6,12H2,1-4H3/b16-15-. The minimum Gasteiger partial charge on any atom is -0.390 e. The minimum absolute atomic E-state index is 0.0929. The smallest absolute Gasteiger partial charge is 0.379 e. The van der Waals surface area contributed by atoms with Gasteiger partial charge in [0.2, 0.25) is 0 Å². The van der Waals surface area contributed by atoms with Gasteiger partial charge in [0.15, 0.2) is 5.45 Å². The lowest BCUT2D eigenvalue weighted by molar-refractivity contribution is 0.128.